The van der Waals surface area contributed by atoms with E-state index in [1.165, 1.54) is 88.3 Å². The average molecular weight is 238 g/mol. The van der Waals surface area contributed by atoms with Crippen molar-refractivity contribution in [3.05, 3.63) is 0 Å². The smallest absolute Gasteiger partial charge is 0.0786 e. The maximum Gasteiger partial charge on any atom is 0.0786 e. The van der Waals surface area contributed by atoms with Gasteiger partial charge in [0.15, 0.2) is 0 Å². The van der Waals surface area contributed by atoms with Gasteiger partial charge in [-0.1, -0.05) is 26.2 Å². The molecule has 1 aliphatic heterocycles. The monoisotopic (exact) mass is 238 g/mol. The molecule has 0 aromatic carbocycles. The molecule has 2 fully saturated rings. The van der Waals surface area contributed by atoms with Gasteiger partial charge in [-0.15, -0.1) is 0 Å². The van der Waals surface area contributed by atoms with E-state index in [-0.39, 0.29) is 0 Å². The van der Waals surface area contributed by atoms with Crippen LogP contribution in [-0.4, -0.2) is 31.2 Å². The van der Waals surface area contributed by atoms with Gasteiger partial charge in [0, 0.05) is 12.8 Å². The van der Waals surface area contributed by atoms with Crippen molar-refractivity contribution in [2.45, 2.75) is 71.1 Å². The lowest BCUT2D eigenvalue weighted by Gasteiger charge is -2.29. The van der Waals surface area contributed by atoms with E-state index in [1.54, 1.807) is 0 Å². The van der Waals surface area contributed by atoms with Gasteiger partial charge in [0.25, 0.3) is 0 Å². The highest BCUT2D eigenvalue weighted by Crippen LogP contribution is 2.41. The second-order valence-corrected chi connectivity index (χ2v) is 7.33. The first kappa shape index (κ1) is 13.4. The number of quaternary nitrogens is 1. The van der Waals surface area contributed by atoms with Crippen LogP contribution in [0.25, 0.3) is 0 Å². The van der Waals surface area contributed by atoms with E-state index in [0.29, 0.717) is 0 Å². The van der Waals surface area contributed by atoms with Crippen molar-refractivity contribution in [3.63, 3.8) is 0 Å². The minimum Gasteiger partial charge on any atom is -0.326 e. The summed E-state index contributed by atoms with van der Waals surface area (Å²) in [6.07, 6.45) is 14.8. The van der Waals surface area contributed by atoms with Crippen LogP contribution in [-0.2, 0) is 0 Å². The first-order valence-electron chi connectivity index (χ1n) is 7.96. The van der Waals surface area contributed by atoms with E-state index >= 15 is 0 Å². The van der Waals surface area contributed by atoms with Crippen LogP contribution in [0.1, 0.15) is 71.1 Å². The summed E-state index contributed by atoms with van der Waals surface area (Å²) in [5, 5.41) is 0. The van der Waals surface area contributed by atoms with Gasteiger partial charge in [-0.3, -0.25) is 0 Å². The van der Waals surface area contributed by atoms with E-state index < -0.39 is 0 Å². The SMILES string of the molecule is CC1(CCCCC[N+]2(C)CCCC2)CCCC1. The highest BCUT2D eigenvalue weighted by atomic mass is 15.3. The molecule has 2 rings (SSSR count). The van der Waals surface area contributed by atoms with Crippen molar-refractivity contribution in [1.29, 1.82) is 0 Å². The van der Waals surface area contributed by atoms with Crippen LogP contribution in [0.5, 0.6) is 0 Å². The number of likely N-dealkylation sites (tertiary alicyclic amines) is 1. The summed E-state index contributed by atoms with van der Waals surface area (Å²) in [6.45, 7) is 6.85. The van der Waals surface area contributed by atoms with Gasteiger partial charge in [0.05, 0.1) is 26.7 Å². The Morgan fingerprint density at radius 1 is 0.882 bits per heavy atom. The van der Waals surface area contributed by atoms with Crippen LogP contribution in [0.15, 0.2) is 0 Å². The molecule has 0 radical (unpaired) electrons. The van der Waals surface area contributed by atoms with Crippen molar-refractivity contribution in [2.24, 2.45) is 5.41 Å². The van der Waals surface area contributed by atoms with Gasteiger partial charge in [-0.25, -0.2) is 0 Å². The summed E-state index contributed by atoms with van der Waals surface area (Å²) >= 11 is 0. The fourth-order valence-electron chi connectivity index (χ4n) is 4.02. The van der Waals surface area contributed by atoms with Crippen molar-refractivity contribution in [3.8, 4) is 0 Å². The lowest BCUT2D eigenvalue weighted by atomic mass is 9.83. The molecule has 2 aliphatic rings. The number of rotatable bonds is 6. The fraction of sp³-hybridized carbons (Fsp3) is 1.00. The average Bonchev–Trinajstić information content (AvgIpc) is 2.89. The van der Waals surface area contributed by atoms with Crippen molar-refractivity contribution >= 4 is 0 Å². The molecule has 0 aromatic rings. The highest BCUT2D eigenvalue weighted by Gasteiger charge is 2.28. The largest absolute Gasteiger partial charge is 0.326 e. The Hall–Kier alpha value is -0.0400. The molecular weight excluding hydrogens is 206 g/mol. The molecule has 0 N–H and O–H groups in total. The molecule has 1 heterocycles. The first-order chi connectivity index (χ1) is 8.12. The zero-order valence-electron chi connectivity index (χ0n) is 12.1. The Morgan fingerprint density at radius 2 is 1.53 bits per heavy atom. The first-order valence-corrected chi connectivity index (χ1v) is 7.96. The molecule has 17 heavy (non-hydrogen) atoms. The third-order valence-corrected chi connectivity index (χ3v) is 5.43. The second kappa shape index (κ2) is 5.73. The zero-order chi connectivity index (χ0) is 12.2. The van der Waals surface area contributed by atoms with E-state index in [9.17, 15) is 0 Å². The molecule has 1 saturated carbocycles. The molecule has 0 aromatic heterocycles. The number of hydrogen-bond donors (Lipinski definition) is 0. The molecule has 1 saturated heterocycles. The van der Waals surface area contributed by atoms with Crippen molar-refractivity contribution in [2.75, 3.05) is 26.7 Å². The van der Waals surface area contributed by atoms with Crippen LogP contribution in [0, 0.1) is 5.41 Å². The summed E-state index contributed by atoms with van der Waals surface area (Å²) < 4.78 is 1.37. The van der Waals surface area contributed by atoms with E-state index in [0.717, 1.165) is 5.41 Å². The van der Waals surface area contributed by atoms with Crippen LogP contribution in [0.4, 0.5) is 0 Å². The molecule has 1 aliphatic carbocycles. The van der Waals surface area contributed by atoms with Gasteiger partial charge in [0.2, 0.25) is 0 Å². The van der Waals surface area contributed by atoms with Gasteiger partial charge < -0.3 is 4.48 Å². The molecule has 0 atom stereocenters. The van der Waals surface area contributed by atoms with E-state index in [1.807, 2.05) is 0 Å². The van der Waals surface area contributed by atoms with Gasteiger partial charge in [0.1, 0.15) is 0 Å². The molecule has 0 amide bonds. The molecular formula is C16H32N+. The quantitative estimate of drug-likeness (QED) is 0.476. The summed E-state index contributed by atoms with van der Waals surface area (Å²) in [7, 11) is 2.46. The Kier molecular flexibility index (Phi) is 4.52. The van der Waals surface area contributed by atoms with Crippen molar-refractivity contribution < 1.29 is 4.48 Å². The molecule has 100 valence electrons. The minimum absolute atomic E-state index is 0.728. The third-order valence-electron chi connectivity index (χ3n) is 5.43. The fourth-order valence-corrected chi connectivity index (χ4v) is 4.02. The third kappa shape index (κ3) is 3.98. The topological polar surface area (TPSA) is 0 Å². The highest BCUT2D eigenvalue weighted by molar-refractivity contribution is 4.79. The van der Waals surface area contributed by atoms with Crippen LogP contribution >= 0.6 is 0 Å². The Labute approximate surface area is 108 Å². The molecule has 1 nitrogen and oxygen atoms in total. The molecule has 0 spiro atoms. The predicted octanol–water partition coefficient (Wildman–Crippen LogP) is 4.37. The normalized spacial score (nSPS) is 26.5. The maximum absolute atomic E-state index is 2.52. The molecule has 0 bridgehead atoms. The Morgan fingerprint density at radius 3 is 2.18 bits per heavy atom. The van der Waals surface area contributed by atoms with Gasteiger partial charge >= 0.3 is 0 Å². The number of nitrogens with zero attached hydrogens (tertiary/aromatic N) is 1. The summed E-state index contributed by atoms with van der Waals surface area (Å²) in [5.74, 6) is 0. The Bertz CT molecular complexity index is 198. The minimum atomic E-state index is 0.728. The molecule has 0 unspecified atom stereocenters. The van der Waals surface area contributed by atoms with Crippen molar-refractivity contribution in [1.82, 2.24) is 0 Å². The predicted molar refractivity (Wildman–Crippen MR) is 75.1 cm³/mol. The van der Waals surface area contributed by atoms with Gasteiger partial charge in [-0.05, 0) is 37.5 Å². The Balaban J connectivity index is 1.54. The maximum atomic E-state index is 2.52. The van der Waals surface area contributed by atoms with Crippen LogP contribution < -0.4 is 0 Å². The van der Waals surface area contributed by atoms with Crippen LogP contribution in [0.2, 0.25) is 0 Å². The van der Waals surface area contributed by atoms with E-state index in [4.69, 9.17) is 0 Å². The lowest BCUT2D eigenvalue weighted by molar-refractivity contribution is -0.897. The van der Waals surface area contributed by atoms with E-state index in [2.05, 4.69) is 14.0 Å². The van der Waals surface area contributed by atoms with Gasteiger partial charge in [-0.2, -0.15) is 0 Å². The molecule has 1 heteroatoms. The number of hydrogen-bond acceptors (Lipinski definition) is 0. The lowest BCUT2D eigenvalue weighted by Crippen LogP contribution is -2.41. The summed E-state index contributed by atoms with van der Waals surface area (Å²) in [5.41, 5.74) is 0.728. The zero-order valence-corrected chi connectivity index (χ0v) is 12.1. The van der Waals surface area contributed by atoms with Crippen LogP contribution in [0.3, 0.4) is 0 Å². The summed E-state index contributed by atoms with van der Waals surface area (Å²) in [6, 6.07) is 0. The standard InChI is InChI=1S/C16H32N/c1-16(11-5-6-12-16)10-4-3-7-13-17(2)14-8-9-15-17/h3-15H2,1-2H3/q+1. The second-order valence-electron chi connectivity index (χ2n) is 7.33. The number of unbranched alkanes of at least 4 members (excludes halogenated alkanes) is 2. The summed E-state index contributed by atoms with van der Waals surface area (Å²) in [4.78, 5) is 0.